The maximum atomic E-state index is 11.5. The van der Waals surface area contributed by atoms with Crippen molar-refractivity contribution in [2.24, 2.45) is 0 Å². The van der Waals surface area contributed by atoms with Crippen molar-refractivity contribution in [3.05, 3.63) is 28.9 Å². The summed E-state index contributed by atoms with van der Waals surface area (Å²) in [5.41, 5.74) is 0.647. The molecule has 2 aromatic rings. The van der Waals surface area contributed by atoms with Gasteiger partial charge < -0.3 is 10.1 Å². The molecule has 2 N–H and O–H groups in total. The molecule has 6 heteroatoms. The van der Waals surface area contributed by atoms with E-state index in [1.54, 1.807) is 6.07 Å². The average molecular weight is 207 g/mol. The van der Waals surface area contributed by atoms with Gasteiger partial charge in [-0.05, 0) is 13.0 Å². The number of carbonyl (C=O) groups is 1. The second kappa shape index (κ2) is 3.23. The number of nitrogens with zero attached hydrogens (tertiary/aromatic N) is 2. The Balaban J connectivity index is 2.74. The van der Waals surface area contributed by atoms with Crippen LogP contribution in [0.4, 0.5) is 0 Å². The van der Waals surface area contributed by atoms with Crippen molar-refractivity contribution in [3.63, 3.8) is 0 Å². The van der Waals surface area contributed by atoms with E-state index in [0.29, 0.717) is 11.0 Å². The highest BCUT2D eigenvalue weighted by Gasteiger charge is 2.18. The van der Waals surface area contributed by atoms with Gasteiger partial charge in [-0.15, -0.1) is 0 Å². The van der Waals surface area contributed by atoms with Crippen LogP contribution in [0.25, 0.3) is 11.0 Å². The number of hydrogen-bond donors (Lipinski definition) is 2. The fourth-order valence-corrected chi connectivity index (χ4v) is 1.46. The fourth-order valence-electron chi connectivity index (χ4n) is 1.46. The summed E-state index contributed by atoms with van der Waals surface area (Å²) in [7, 11) is 0. The SMILES string of the molecule is CC(C(=O)O)n1c(=O)[nH]c2ccncc21. The van der Waals surface area contributed by atoms with Crippen LogP contribution in [0.3, 0.4) is 0 Å². The molecule has 0 saturated carbocycles. The summed E-state index contributed by atoms with van der Waals surface area (Å²) in [6, 6.07) is 0.720. The third-order valence-electron chi connectivity index (χ3n) is 2.26. The summed E-state index contributed by atoms with van der Waals surface area (Å²) in [4.78, 5) is 28.7. The van der Waals surface area contributed by atoms with Crippen LogP contribution in [0.5, 0.6) is 0 Å². The molecule has 0 radical (unpaired) electrons. The second-order valence-electron chi connectivity index (χ2n) is 3.21. The number of carboxylic acid groups (broad SMARTS) is 1. The lowest BCUT2D eigenvalue weighted by atomic mass is 10.3. The molecule has 0 spiro atoms. The van der Waals surface area contributed by atoms with Crippen LogP contribution in [-0.2, 0) is 4.79 Å². The standard InChI is InChI=1S/C9H9N3O3/c1-5(8(13)14)12-7-4-10-3-2-6(7)11-9(12)15/h2-5H,1H3,(H,11,15)(H,13,14). The number of H-pyrrole nitrogens is 1. The first-order valence-electron chi connectivity index (χ1n) is 4.38. The molecule has 2 rings (SSSR count). The summed E-state index contributed by atoms with van der Waals surface area (Å²) in [5.74, 6) is -1.05. The van der Waals surface area contributed by atoms with E-state index in [1.807, 2.05) is 0 Å². The summed E-state index contributed by atoms with van der Waals surface area (Å²) in [6.45, 7) is 1.45. The van der Waals surface area contributed by atoms with Crippen molar-refractivity contribution in [1.82, 2.24) is 14.5 Å². The van der Waals surface area contributed by atoms with Gasteiger partial charge in [0.1, 0.15) is 6.04 Å². The van der Waals surface area contributed by atoms with Crippen molar-refractivity contribution >= 4 is 17.0 Å². The molecule has 0 aromatic carbocycles. The largest absolute Gasteiger partial charge is 0.480 e. The van der Waals surface area contributed by atoms with Crippen LogP contribution in [0.15, 0.2) is 23.3 Å². The van der Waals surface area contributed by atoms with E-state index in [2.05, 4.69) is 9.97 Å². The van der Waals surface area contributed by atoms with Gasteiger partial charge in [-0.1, -0.05) is 0 Å². The third kappa shape index (κ3) is 1.39. The predicted octanol–water partition coefficient (Wildman–Crippen LogP) is 0.370. The van der Waals surface area contributed by atoms with Gasteiger partial charge in [0, 0.05) is 6.20 Å². The zero-order chi connectivity index (χ0) is 11.0. The Bertz CT molecular complexity index is 569. The van der Waals surface area contributed by atoms with Gasteiger partial charge in [0.25, 0.3) is 0 Å². The molecule has 0 aliphatic rings. The molecule has 0 fully saturated rings. The molecule has 6 nitrogen and oxygen atoms in total. The molecule has 1 atom stereocenters. The maximum Gasteiger partial charge on any atom is 0.327 e. The lowest BCUT2D eigenvalue weighted by molar-refractivity contribution is -0.140. The lowest BCUT2D eigenvalue weighted by Crippen LogP contribution is -2.25. The van der Waals surface area contributed by atoms with Crippen LogP contribution in [0.2, 0.25) is 0 Å². The Morgan fingerprint density at radius 3 is 3.07 bits per heavy atom. The van der Waals surface area contributed by atoms with Crippen LogP contribution < -0.4 is 5.69 Å². The first kappa shape index (κ1) is 9.45. The molecule has 15 heavy (non-hydrogen) atoms. The summed E-state index contributed by atoms with van der Waals surface area (Å²) in [5, 5.41) is 8.84. The number of nitrogens with one attached hydrogen (secondary N) is 1. The average Bonchev–Trinajstić information content (AvgIpc) is 2.52. The second-order valence-corrected chi connectivity index (χ2v) is 3.21. The molecular formula is C9H9N3O3. The van der Waals surface area contributed by atoms with E-state index in [0.717, 1.165) is 0 Å². The number of aliphatic carboxylic acids is 1. The smallest absolute Gasteiger partial charge is 0.327 e. The topological polar surface area (TPSA) is 88.0 Å². The molecule has 0 aliphatic carbocycles. The number of pyridine rings is 1. The van der Waals surface area contributed by atoms with E-state index in [9.17, 15) is 9.59 Å². The van der Waals surface area contributed by atoms with Gasteiger partial charge in [0.05, 0.1) is 17.2 Å². The van der Waals surface area contributed by atoms with Gasteiger partial charge >= 0.3 is 11.7 Å². The Kier molecular flexibility index (Phi) is 2.03. The molecular weight excluding hydrogens is 198 g/mol. The van der Waals surface area contributed by atoms with Gasteiger partial charge in [0.15, 0.2) is 0 Å². The molecule has 0 aliphatic heterocycles. The number of aromatic nitrogens is 3. The van der Waals surface area contributed by atoms with Crippen molar-refractivity contribution < 1.29 is 9.90 Å². The zero-order valence-corrected chi connectivity index (χ0v) is 7.97. The first-order valence-corrected chi connectivity index (χ1v) is 4.38. The molecule has 0 bridgehead atoms. The van der Waals surface area contributed by atoms with Crippen molar-refractivity contribution in [2.75, 3.05) is 0 Å². The number of aromatic amines is 1. The van der Waals surface area contributed by atoms with Crippen LogP contribution >= 0.6 is 0 Å². The monoisotopic (exact) mass is 207 g/mol. The molecule has 78 valence electrons. The number of rotatable bonds is 2. The van der Waals surface area contributed by atoms with Crippen molar-refractivity contribution in [2.45, 2.75) is 13.0 Å². The van der Waals surface area contributed by atoms with Crippen LogP contribution in [0, 0.1) is 0 Å². The van der Waals surface area contributed by atoms with Crippen molar-refractivity contribution in [1.29, 1.82) is 0 Å². The van der Waals surface area contributed by atoms with E-state index >= 15 is 0 Å². The van der Waals surface area contributed by atoms with E-state index in [-0.39, 0.29) is 0 Å². The summed E-state index contributed by atoms with van der Waals surface area (Å²) < 4.78 is 1.17. The van der Waals surface area contributed by atoms with Gasteiger partial charge in [-0.3, -0.25) is 9.55 Å². The Hall–Kier alpha value is -2.11. The minimum atomic E-state index is -1.05. The van der Waals surface area contributed by atoms with Crippen LogP contribution in [0.1, 0.15) is 13.0 Å². The van der Waals surface area contributed by atoms with Crippen molar-refractivity contribution in [3.8, 4) is 0 Å². The lowest BCUT2D eigenvalue weighted by Gasteiger charge is -2.06. The maximum absolute atomic E-state index is 11.5. The highest BCUT2D eigenvalue weighted by Crippen LogP contribution is 2.12. The minimum Gasteiger partial charge on any atom is -0.480 e. The van der Waals surface area contributed by atoms with E-state index < -0.39 is 17.7 Å². The zero-order valence-electron chi connectivity index (χ0n) is 7.97. The Labute approximate surface area is 84.2 Å². The van der Waals surface area contributed by atoms with E-state index in [4.69, 9.17) is 5.11 Å². The van der Waals surface area contributed by atoms with E-state index in [1.165, 1.54) is 23.9 Å². The highest BCUT2D eigenvalue weighted by atomic mass is 16.4. The van der Waals surface area contributed by atoms with Gasteiger partial charge in [-0.2, -0.15) is 0 Å². The molecule has 2 heterocycles. The quantitative estimate of drug-likeness (QED) is 0.744. The van der Waals surface area contributed by atoms with Crippen LogP contribution in [-0.4, -0.2) is 25.6 Å². The normalized spacial score (nSPS) is 12.9. The van der Waals surface area contributed by atoms with Gasteiger partial charge in [-0.25, -0.2) is 9.59 Å². The number of fused-ring (bicyclic) bond motifs is 1. The molecule has 2 aromatic heterocycles. The third-order valence-corrected chi connectivity index (χ3v) is 2.26. The minimum absolute atomic E-state index is 0.437. The predicted molar refractivity (Wildman–Crippen MR) is 52.7 cm³/mol. The Morgan fingerprint density at radius 1 is 1.67 bits per heavy atom. The Morgan fingerprint density at radius 2 is 2.40 bits per heavy atom. The number of carboxylic acids is 1. The fraction of sp³-hybridized carbons (Fsp3) is 0.222. The summed E-state index contributed by atoms with van der Waals surface area (Å²) in [6.07, 6.45) is 3.00. The van der Waals surface area contributed by atoms with Gasteiger partial charge in [0.2, 0.25) is 0 Å². The number of hydrogen-bond acceptors (Lipinski definition) is 3. The molecule has 0 saturated heterocycles. The summed E-state index contributed by atoms with van der Waals surface area (Å²) >= 11 is 0. The highest BCUT2D eigenvalue weighted by molar-refractivity contribution is 5.78. The molecule has 1 unspecified atom stereocenters. The number of imidazole rings is 1. The molecule has 0 amide bonds. The first-order chi connectivity index (χ1) is 7.11.